The van der Waals surface area contributed by atoms with Gasteiger partial charge in [0, 0.05) is 12.3 Å². The Morgan fingerprint density at radius 2 is 2.12 bits per heavy atom. The van der Waals surface area contributed by atoms with Crippen molar-refractivity contribution >= 4 is 17.4 Å². The van der Waals surface area contributed by atoms with E-state index in [4.69, 9.17) is 0 Å². The Kier molecular flexibility index (Phi) is 2.56. The SMILES string of the molecule is CC1C(=O)N(c2ccncn2)N=C1C(F)(F)F. The Morgan fingerprint density at radius 1 is 1.41 bits per heavy atom. The third kappa shape index (κ3) is 1.97. The highest BCUT2D eigenvalue weighted by Crippen LogP contribution is 2.30. The van der Waals surface area contributed by atoms with E-state index in [2.05, 4.69) is 15.1 Å². The summed E-state index contributed by atoms with van der Waals surface area (Å²) < 4.78 is 37.6. The Hall–Kier alpha value is -1.99. The van der Waals surface area contributed by atoms with Crippen molar-refractivity contribution in [1.82, 2.24) is 9.97 Å². The topological polar surface area (TPSA) is 58.5 Å². The van der Waals surface area contributed by atoms with Gasteiger partial charge in [0.25, 0.3) is 5.91 Å². The number of nitrogens with zero attached hydrogens (tertiary/aromatic N) is 4. The molecule has 1 aromatic heterocycles. The molecule has 1 atom stereocenters. The largest absolute Gasteiger partial charge is 0.432 e. The molecule has 0 saturated carbocycles. The van der Waals surface area contributed by atoms with Gasteiger partial charge < -0.3 is 0 Å². The second-order valence-corrected chi connectivity index (χ2v) is 3.42. The van der Waals surface area contributed by atoms with Crippen LogP contribution in [0.1, 0.15) is 6.92 Å². The summed E-state index contributed by atoms with van der Waals surface area (Å²) in [7, 11) is 0. The third-order valence-corrected chi connectivity index (χ3v) is 2.27. The summed E-state index contributed by atoms with van der Waals surface area (Å²) in [5.74, 6) is -2.04. The van der Waals surface area contributed by atoms with Crippen LogP contribution in [0.15, 0.2) is 23.7 Å². The van der Waals surface area contributed by atoms with Gasteiger partial charge in [0.2, 0.25) is 0 Å². The smallest absolute Gasteiger partial charge is 0.272 e. The van der Waals surface area contributed by atoms with Crippen LogP contribution in [0.25, 0.3) is 0 Å². The molecule has 1 aliphatic rings. The normalized spacial score (nSPS) is 20.7. The molecular weight excluding hydrogens is 237 g/mol. The molecule has 90 valence electrons. The molecule has 1 unspecified atom stereocenters. The fraction of sp³-hybridized carbons (Fsp3) is 0.333. The van der Waals surface area contributed by atoms with Crippen molar-refractivity contribution in [2.75, 3.05) is 5.01 Å². The van der Waals surface area contributed by atoms with Crippen molar-refractivity contribution in [1.29, 1.82) is 0 Å². The first-order chi connectivity index (χ1) is 7.91. The number of halogens is 3. The molecule has 17 heavy (non-hydrogen) atoms. The van der Waals surface area contributed by atoms with Crippen LogP contribution in [0.4, 0.5) is 19.0 Å². The summed E-state index contributed by atoms with van der Waals surface area (Å²) in [5, 5.41) is 3.92. The predicted octanol–water partition coefficient (Wildman–Crippen LogP) is 1.38. The minimum atomic E-state index is -4.61. The lowest BCUT2D eigenvalue weighted by atomic mass is 10.1. The van der Waals surface area contributed by atoms with Crippen LogP contribution in [-0.2, 0) is 4.79 Å². The van der Waals surface area contributed by atoms with E-state index in [1.807, 2.05) is 0 Å². The highest BCUT2D eigenvalue weighted by atomic mass is 19.4. The molecule has 0 N–H and O–H groups in total. The standard InChI is InChI=1S/C9H7F3N4O/c1-5-7(9(10,11)12)15-16(8(5)17)6-2-3-13-4-14-6/h2-5H,1H3. The second-order valence-electron chi connectivity index (χ2n) is 3.42. The quantitative estimate of drug-likeness (QED) is 0.749. The van der Waals surface area contributed by atoms with Gasteiger partial charge in [-0.3, -0.25) is 4.79 Å². The number of carbonyl (C=O) groups is 1. The minimum Gasteiger partial charge on any atom is -0.272 e. The van der Waals surface area contributed by atoms with Crippen molar-refractivity contribution in [3.63, 3.8) is 0 Å². The van der Waals surface area contributed by atoms with E-state index in [0.717, 1.165) is 13.3 Å². The maximum absolute atomic E-state index is 12.5. The highest BCUT2D eigenvalue weighted by Gasteiger charge is 2.48. The lowest BCUT2D eigenvalue weighted by Crippen LogP contribution is -2.31. The van der Waals surface area contributed by atoms with Gasteiger partial charge in [-0.15, -0.1) is 0 Å². The molecule has 0 spiro atoms. The van der Waals surface area contributed by atoms with Gasteiger partial charge in [-0.25, -0.2) is 9.97 Å². The van der Waals surface area contributed by atoms with Crippen LogP contribution in [0.5, 0.6) is 0 Å². The number of alkyl halides is 3. The molecule has 1 aliphatic heterocycles. The fourth-order valence-electron chi connectivity index (χ4n) is 1.42. The van der Waals surface area contributed by atoms with E-state index >= 15 is 0 Å². The molecule has 8 heteroatoms. The van der Waals surface area contributed by atoms with Crippen LogP contribution in [0, 0.1) is 5.92 Å². The first-order valence-corrected chi connectivity index (χ1v) is 4.67. The van der Waals surface area contributed by atoms with E-state index in [-0.39, 0.29) is 5.82 Å². The number of anilines is 1. The van der Waals surface area contributed by atoms with Gasteiger partial charge in [-0.2, -0.15) is 23.3 Å². The third-order valence-electron chi connectivity index (χ3n) is 2.27. The second kappa shape index (κ2) is 3.79. The number of amides is 1. The molecule has 5 nitrogen and oxygen atoms in total. The molecule has 0 saturated heterocycles. The van der Waals surface area contributed by atoms with Crippen molar-refractivity contribution in [2.24, 2.45) is 11.0 Å². The van der Waals surface area contributed by atoms with Crippen LogP contribution in [0.2, 0.25) is 0 Å². The predicted molar refractivity (Wildman–Crippen MR) is 52.2 cm³/mol. The zero-order chi connectivity index (χ0) is 12.6. The first kappa shape index (κ1) is 11.5. The number of hydrogen-bond donors (Lipinski definition) is 0. The van der Waals surface area contributed by atoms with Crippen molar-refractivity contribution < 1.29 is 18.0 Å². The molecule has 1 amide bonds. The fourth-order valence-corrected chi connectivity index (χ4v) is 1.42. The average molecular weight is 244 g/mol. The van der Waals surface area contributed by atoms with E-state index in [0.29, 0.717) is 5.01 Å². The maximum Gasteiger partial charge on any atom is 0.432 e. The number of carbonyl (C=O) groups excluding carboxylic acids is 1. The Morgan fingerprint density at radius 3 is 2.59 bits per heavy atom. The van der Waals surface area contributed by atoms with E-state index in [9.17, 15) is 18.0 Å². The zero-order valence-corrected chi connectivity index (χ0v) is 8.64. The Labute approximate surface area is 94.0 Å². The summed E-state index contributed by atoms with van der Waals surface area (Å²) in [6, 6.07) is 1.31. The van der Waals surface area contributed by atoms with Gasteiger partial charge in [0.05, 0.1) is 5.92 Å². The van der Waals surface area contributed by atoms with E-state index < -0.39 is 23.7 Å². The van der Waals surface area contributed by atoms with Gasteiger partial charge in [-0.05, 0) is 6.92 Å². The minimum absolute atomic E-state index is 0.0242. The molecular formula is C9H7F3N4O. The Bertz CT molecular complexity index is 471. The van der Waals surface area contributed by atoms with Gasteiger partial charge in [0.15, 0.2) is 11.5 Å². The molecule has 0 aliphatic carbocycles. The van der Waals surface area contributed by atoms with Gasteiger partial charge in [0.1, 0.15) is 6.33 Å². The highest BCUT2D eigenvalue weighted by molar-refractivity contribution is 6.16. The lowest BCUT2D eigenvalue weighted by Gasteiger charge is -2.10. The van der Waals surface area contributed by atoms with Crippen molar-refractivity contribution in [3.05, 3.63) is 18.6 Å². The summed E-state index contributed by atoms with van der Waals surface area (Å²) in [6.45, 7) is 1.16. The number of aromatic nitrogens is 2. The Balaban J connectivity index is 2.39. The van der Waals surface area contributed by atoms with Gasteiger partial charge in [-0.1, -0.05) is 0 Å². The maximum atomic E-state index is 12.5. The van der Waals surface area contributed by atoms with Crippen molar-refractivity contribution in [3.8, 4) is 0 Å². The molecule has 0 aromatic carbocycles. The number of rotatable bonds is 1. The number of hydrazone groups is 1. The summed E-state index contributed by atoms with van der Waals surface area (Å²) in [5.41, 5.74) is -1.11. The molecule has 0 radical (unpaired) electrons. The van der Waals surface area contributed by atoms with Gasteiger partial charge >= 0.3 is 6.18 Å². The summed E-state index contributed by atoms with van der Waals surface area (Å²) in [6.07, 6.45) is -2.16. The monoisotopic (exact) mass is 244 g/mol. The van der Waals surface area contributed by atoms with E-state index in [1.165, 1.54) is 12.3 Å². The van der Waals surface area contributed by atoms with Crippen molar-refractivity contribution in [2.45, 2.75) is 13.1 Å². The number of hydrogen-bond acceptors (Lipinski definition) is 4. The molecule has 2 heterocycles. The molecule has 0 bridgehead atoms. The summed E-state index contributed by atoms with van der Waals surface area (Å²) >= 11 is 0. The average Bonchev–Trinajstić information content (AvgIpc) is 2.57. The van der Waals surface area contributed by atoms with Crippen LogP contribution in [0.3, 0.4) is 0 Å². The van der Waals surface area contributed by atoms with Crippen LogP contribution < -0.4 is 5.01 Å². The first-order valence-electron chi connectivity index (χ1n) is 4.67. The molecule has 0 fully saturated rings. The van der Waals surface area contributed by atoms with Crippen LogP contribution in [-0.4, -0.2) is 27.8 Å². The molecule has 2 rings (SSSR count). The zero-order valence-electron chi connectivity index (χ0n) is 8.64. The van der Waals surface area contributed by atoms with E-state index in [1.54, 1.807) is 0 Å². The lowest BCUT2D eigenvalue weighted by molar-refractivity contribution is -0.120. The summed E-state index contributed by atoms with van der Waals surface area (Å²) in [4.78, 5) is 18.9. The molecule has 1 aromatic rings. The van der Waals surface area contributed by atoms with Crippen LogP contribution >= 0.6 is 0 Å².